The molecule has 0 aliphatic heterocycles. The van der Waals surface area contributed by atoms with Crippen LogP contribution in [0.1, 0.15) is 18.2 Å². The van der Waals surface area contributed by atoms with Crippen molar-refractivity contribution in [2.24, 2.45) is 7.05 Å². The summed E-state index contributed by atoms with van der Waals surface area (Å²) in [6.07, 6.45) is 2.03. The SMILES string of the molecule is Cn1ncc(Cl)c1C(C)(O)Cc1ccc(Br)cc1. The van der Waals surface area contributed by atoms with Crippen molar-refractivity contribution < 1.29 is 5.11 Å². The van der Waals surface area contributed by atoms with Crippen LogP contribution in [-0.4, -0.2) is 14.9 Å². The normalized spacial score (nSPS) is 14.5. The minimum Gasteiger partial charge on any atom is -0.383 e. The lowest BCUT2D eigenvalue weighted by molar-refractivity contribution is 0.0491. The zero-order valence-corrected chi connectivity index (χ0v) is 12.5. The van der Waals surface area contributed by atoms with Crippen molar-refractivity contribution in [3.8, 4) is 0 Å². The molecule has 1 heterocycles. The van der Waals surface area contributed by atoms with E-state index >= 15 is 0 Å². The Bertz CT molecular complexity index is 529. The standard InChI is InChI=1S/C13H14BrClN2O/c1-13(18,12-11(15)8-16-17(12)2)7-9-3-5-10(14)6-4-9/h3-6,8,18H,7H2,1-2H3. The van der Waals surface area contributed by atoms with Crippen LogP contribution in [0.4, 0.5) is 0 Å². The molecule has 96 valence electrons. The van der Waals surface area contributed by atoms with Crippen LogP contribution in [-0.2, 0) is 19.1 Å². The molecule has 3 nitrogen and oxygen atoms in total. The Morgan fingerprint density at radius 3 is 2.50 bits per heavy atom. The largest absolute Gasteiger partial charge is 0.383 e. The predicted molar refractivity (Wildman–Crippen MR) is 75.6 cm³/mol. The third-order valence-corrected chi connectivity index (χ3v) is 3.67. The molecule has 2 aromatic rings. The highest BCUT2D eigenvalue weighted by Gasteiger charge is 2.29. The first-order chi connectivity index (χ1) is 8.40. The molecule has 1 unspecified atom stereocenters. The molecule has 1 aromatic heterocycles. The smallest absolute Gasteiger partial charge is 0.109 e. The highest BCUT2D eigenvalue weighted by Crippen LogP contribution is 2.30. The van der Waals surface area contributed by atoms with Gasteiger partial charge >= 0.3 is 0 Å². The van der Waals surface area contributed by atoms with Crippen LogP contribution < -0.4 is 0 Å². The number of aromatic nitrogens is 2. The number of hydrogen-bond donors (Lipinski definition) is 1. The van der Waals surface area contributed by atoms with Gasteiger partial charge in [-0.3, -0.25) is 4.68 Å². The lowest BCUT2D eigenvalue weighted by atomic mass is 9.93. The number of aliphatic hydroxyl groups is 1. The Morgan fingerprint density at radius 1 is 1.39 bits per heavy atom. The molecule has 0 fully saturated rings. The molecule has 1 aromatic carbocycles. The average molecular weight is 330 g/mol. The monoisotopic (exact) mass is 328 g/mol. The number of aryl methyl sites for hydroxylation is 1. The van der Waals surface area contributed by atoms with Gasteiger partial charge in [0.2, 0.25) is 0 Å². The van der Waals surface area contributed by atoms with Crippen molar-refractivity contribution in [2.75, 3.05) is 0 Å². The second kappa shape index (κ2) is 5.03. The van der Waals surface area contributed by atoms with E-state index in [1.54, 1.807) is 24.9 Å². The summed E-state index contributed by atoms with van der Waals surface area (Å²) < 4.78 is 2.63. The molecule has 0 saturated carbocycles. The van der Waals surface area contributed by atoms with Crippen molar-refractivity contribution in [2.45, 2.75) is 18.9 Å². The number of halogens is 2. The molecule has 1 atom stereocenters. The minimum absolute atomic E-state index is 0.486. The third-order valence-electron chi connectivity index (χ3n) is 2.87. The fourth-order valence-corrected chi connectivity index (χ4v) is 2.73. The van der Waals surface area contributed by atoms with Gasteiger partial charge in [0.15, 0.2) is 0 Å². The molecule has 5 heteroatoms. The molecule has 0 saturated heterocycles. The second-order valence-electron chi connectivity index (χ2n) is 4.54. The maximum Gasteiger partial charge on any atom is 0.109 e. The van der Waals surface area contributed by atoms with Crippen LogP contribution in [0, 0.1) is 0 Å². The van der Waals surface area contributed by atoms with E-state index in [-0.39, 0.29) is 0 Å². The van der Waals surface area contributed by atoms with E-state index in [0.29, 0.717) is 17.1 Å². The number of hydrogen-bond acceptors (Lipinski definition) is 2. The molecule has 0 radical (unpaired) electrons. The van der Waals surface area contributed by atoms with E-state index in [4.69, 9.17) is 11.6 Å². The Balaban J connectivity index is 2.29. The summed E-state index contributed by atoms with van der Waals surface area (Å²) in [5.74, 6) is 0. The number of rotatable bonds is 3. The van der Waals surface area contributed by atoms with E-state index in [9.17, 15) is 5.11 Å². The first-order valence-electron chi connectivity index (χ1n) is 5.55. The quantitative estimate of drug-likeness (QED) is 0.938. The summed E-state index contributed by atoms with van der Waals surface area (Å²) in [4.78, 5) is 0. The van der Waals surface area contributed by atoms with Gasteiger partial charge in [-0.2, -0.15) is 5.10 Å². The molecule has 18 heavy (non-hydrogen) atoms. The van der Waals surface area contributed by atoms with Crippen LogP contribution in [0.25, 0.3) is 0 Å². The van der Waals surface area contributed by atoms with Gasteiger partial charge in [0.25, 0.3) is 0 Å². The molecule has 2 rings (SSSR count). The predicted octanol–water partition coefficient (Wildman–Crippen LogP) is 3.29. The molecular formula is C13H14BrClN2O. The molecule has 1 N–H and O–H groups in total. The summed E-state index contributed by atoms with van der Waals surface area (Å²) in [6.45, 7) is 1.75. The Kier molecular flexibility index (Phi) is 3.80. The lowest BCUT2D eigenvalue weighted by Gasteiger charge is -2.24. The Labute approximate surface area is 120 Å². The summed E-state index contributed by atoms with van der Waals surface area (Å²) in [6, 6.07) is 7.86. The van der Waals surface area contributed by atoms with Crippen molar-refractivity contribution in [1.82, 2.24) is 9.78 Å². The molecular weight excluding hydrogens is 316 g/mol. The van der Waals surface area contributed by atoms with Crippen LogP contribution in [0.2, 0.25) is 5.02 Å². The summed E-state index contributed by atoms with van der Waals surface area (Å²) in [5.41, 5.74) is 0.628. The fourth-order valence-electron chi connectivity index (χ4n) is 2.10. The van der Waals surface area contributed by atoms with Gasteiger partial charge in [-0.15, -0.1) is 0 Å². The zero-order chi connectivity index (χ0) is 13.3. The van der Waals surface area contributed by atoms with Gasteiger partial charge in [-0.1, -0.05) is 39.7 Å². The topological polar surface area (TPSA) is 38.0 Å². The van der Waals surface area contributed by atoms with Crippen molar-refractivity contribution >= 4 is 27.5 Å². The molecule has 0 spiro atoms. The third kappa shape index (κ3) is 2.76. The van der Waals surface area contributed by atoms with Crippen LogP contribution in [0.3, 0.4) is 0 Å². The summed E-state index contributed by atoms with van der Waals surface area (Å²) >= 11 is 9.46. The van der Waals surface area contributed by atoms with E-state index in [0.717, 1.165) is 10.0 Å². The first-order valence-corrected chi connectivity index (χ1v) is 6.72. The van der Waals surface area contributed by atoms with Gasteiger partial charge < -0.3 is 5.11 Å². The van der Waals surface area contributed by atoms with E-state index in [1.807, 2.05) is 24.3 Å². The summed E-state index contributed by atoms with van der Waals surface area (Å²) in [7, 11) is 1.78. The van der Waals surface area contributed by atoms with Gasteiger partial charge in [-0.05, 0) is 24.6 Å². The minimum atomic E-state index is -1.05. The zero-order valence-electron chi connectivity index (χ0n) is 10.2. The fraction of sp³-hybridized carbons (Fsp3) is 0.308. The van der Waals surface area contributed by atoms with Crippen molar-refractivity contribution in [3.05, 3.63) is 51.2 Å². The second-order valence-corrected chi connectivity index (χ2v) is 5.86. The maximum atomic E-state index is 10.6. The average Bonchev–Trinajstić information content (AvgIpc) is 2.62. The lowest BCUT2D eigenvalue weighted by Crippen LogP contribution is -2.27. The summed E-state index contributed by atoms with van der Waals surface area (Å²) in [5, 5.41) is 15.1. The van der Waals surface area contributed by atoms with E-state index < -0.39 is 5.60 Å². The van der Waals surface area contributed by atoms with Gasteiger partial charge in [0.1, 0.15) is 5.60 Å². The number of benzene rings is 1. The van der Waals surface area contributed by atoms with Gasteiger partial charge in [-0.25, -0.2) is 0 Å². The van der Waals surface area contributed by atoms with Crippen LogP contribution in [0.15, 0.2) is 34.9 Å². The molecule has 0 aliphatic carbocycles. The van der Waals surface area contributed by atoms with Gasteiger partial charge in [0.05, 0.1) is 16.9 Å². The van der Waals surface area contributed by atoms with Crippen LogP contribution in [0.5, 0.6) is 0 Å². The van der Waals surface area contributed by atoms with Gasteiger partial charge in [0, 0.05) is 17.9 Å². The van der Waals surface area contributed by atoms with Crippen LogP contribution >= 0.6 is 27.5 Å². The van der Waals surface area contributed by atoms with Crippen molar-refractivity contribution in [3.63, 3.8) is 0 Å². The van der Waals surface area contributed by atoms with Crippen molar-refractivity contribution in [1.29, 1.82) is 0 Å². The Hall–Kier alpha value is -0.840. The molecule has 0 bridgehead atoms. The molecule has 0 aliphatic rings. The molecule has 0 amide bonds. The van der Waals surface area contributed by atoms with E-state index in [1.165, 1.54) is 0 Å². The number of nitrogens with zero attached hydrogens (tertiary/aromatic N) is 2. The maximum absolute atomic E-state index is 10.6. The highest BCUT2D eigenvalue weighted by atomic mass is 79.9. The first kappa shape index (κ1) is 13.6. The highest BCUT2D eigenvalue weighted by molar-refractivity contribution is 9.10. The van der Waals surface area contributed by atoms with E-state index in [2.05, 4.69) is 21.0 Å². The Morgan fingerprint density at radius 2 is 2.00 bits per heavy atom.